The van der Waals surface area contributed by atoms with Crippen molar-refractivity contribution < 1.29 is 80.2 Å². The molecule has 0 amide bonds. The van der Waals surface area contributed by atoms with Crippen LogP contribution < -0.4 is 0 Å². The van der Waals surface area contributed by atoms with Crippen LogP contribution in [0.3, 0.4) is 0 Å². The van der Waals surface area contributed by atoms with E-state index in [1.165, 1.54) is 154 Å². The van der Waals surface area contributed by atoms with Crippen LogP contribution in [0.5, 0.6) is 0 Å². The predicted molar refractivity (Wildman–Crippen MR) is 363 cm³/mol. The van der Waals surface area contributed by atoms with Gasteiger partial charge in [-0.3, -0.25) is 37.3 Å². The molecule has 19 heteroatoms. The quantitative estimate of drug-likeness (QED) is 0.0169. The number of hydrogen-bond donors (Lipinski definition) is 3. The fourth-order valence-corrected chi connectivity index (χ4v) is 11.8. The molecule has 0 heterocycles. The van der Waals surface area contributed by atoms with Gasteiger partial charge in [-0.05, 0) is 57.3 Å². The summed E-state index contributed by atoms with van der Waals surface area (Å²) >= 11 is 0. The number of allylic oxidation sites excluding steroid dienone is 4. The van der Waals surface area contributed by atoms with Crippen LogP contribution in [0.4, 0.5) is 0 Å². The van der Waals surface area contributed by atoms with Crippen molar-refractivity contribution in [1.29, 1.82) is 0 Å². The number of esters is 4. The molecule has 6 atom stereocenters. The predicted octanol–water partition coefficient (Wildman–Crippen LogP) is 20.1. The second-order valence-electron chi connectivity index (χ2n) is 25.2. The molecule has 0 radical (unpaired) electrons. The van der Waals surface area contributed by atoms with E-state index in [0.29, 0.717) is 25.7 Å². The number of aliphatic hydroxyl groups excluding tert-OH is 1. The lowest BCUT2D eigenvalue weighted by molar-refractivity contribution is -0.161. The molecule has 0 spiro atoms. The molecule has 90 heavy (non-hydrogen) atoms. The summed E-state index contributed by atoms with van der Waals surface area (Å²) in [6.07, 6.45) is 53.4. The molecule has 0 aliphatic rings. The average Bonchev–Trinajstić information content (AvgIpc) is 3.41. The first-order valence-electron chi connectivity index (χ1n) is 36.5. The Bertz CT molecular complexity index is 1830. The molecule has 0 aliphatic carbocycles. The van der Waals surface area contributed by atoms with Gasteiger partial charge in [-0.1, -0.05) is 290 Å². The number of ether oxygens (including phenoxy) is 4. The van der Waals surface area contributed by atoms with Crippen molar-refractivity contribution in [3.8, 4) is 0 Å². The van der Waals surface area contributed by atoms with E-state index in [0.717, 1.165) is 109 Å². The van der Waals surface area contributed by atoms with Gasteiger partial charge in [0.1, 0.15) is 19.3 Å². The van der Waals surface area contributed by atoms with Gasteiger partial charge >= 0.3 is 39.5 Å². The maximum Gasteiger partial charge on any atom is 0.472 e. The summed E-state index contributed by atoms with van der Waals surface area (Å²) < 4.78 is 68.2. The molecule has 0 fully saturated rings. The van der Waals surface area contributed by atoms with Gasteiger partial charge < -0.3 is 33.8 Å². The first kappa shape index (κ1) is 87.5. The molecule has 0 saturated carbocycles. The third-order valence-corrected chi connectivity index (χ3v) is 18.2. The second kappa shape index (κ2) is 63.9. The number of carbonyl (C=O) groups excluding carboxylic acids is 4. The van der Waals surface area contributed by atoms with Crippen molar-refractivity contribution in [2.45, 2.75) is 361 Å². The SMILES string of the molecule is CCCCCC/C=C\C=C/CCCCCCCC(=O)O[C@H](COC(=O)CCCCCCCCCCCCCCCC)COP(=O)(O)OC[C@@H](O)COP(=O)(O)OC[C@@H](COC(=O)CCCCCCCCCCC)OC(=O)CCCCCCCCCCC(C)CC. The number of phosphoric acid groups is 2. The lowest BCUT2D eigenvalue weighted by Gasteiger charge is -2.21. The number of hydrogen-bond acceptors (Lipinski definition) is 15. The van der Waals surface area contributed by atoms with Crippen LogP contribution in [-0.4, -0.2) is 96.7 Å². The Morgan fingerprint density at radius 1 is 0.356 bits per heavy atom. The Hall–Kier alpha value is -2.46. The highest BCUT2D eigenvalue weighted by atomic mass is 31.2. The van der Waals surface area contributed by atoms with Crippen molar-refractivity contribution >= 4 is 39.5 Å². The maximum absolute atomic E-state index is 13.0. The van der Waals surface area contributed by atoms with Gasteiger partial charge in [0.2, 0.25) is 0 Å². The molecular weight excluding hydrogens is 1190 g/mol. The number of carbonyl (C=O) groups is 4. The van der Waals surface area contributed by atoms with Gasteiger partial charge in [0.05, 0.1) is 26.4 Å². The molecule has 0 aromatic rings. The Balaban J connectivity index is 5.28. The Morgan fingerprint density at radius 3 is 0.944 bits per heavy atom. The van der Waals surface area contributed by atoms with Gasteiger partial charge in [-0.2, -0.15) is 0 Å². The van der Waals surface area contributed by atoms with Crippen LogP contribution in [-0.2, 0) is 65.4 Å². The van der Waals surface area contributed by atoms with Crippen LogP contribution in [0.15, 0.2) is 24.3 Å². The van der Waals surface area contributed by atoms with E-state index >= 15 is 0 Å². The number of aliphatic hydroxyl groups is 1. The zero-order valence-corrected chi connectivity index (χ0v) is 59.5. The lowest BCUT2D eigenvalue weighted by Crippen LogP contribution is -2.30. The van der Waals surface area contributed by atoms with Gasteiger partial charge in [0.15, 0.2) is 12.2 Å². The first-order chi connectivity index (χ1) is 43.6. The normalized spacial score (nSPS) is 14.5. The fraction of sp³-hybridized carbons (Fsp3) is 0.887. The number of phosphoric ester groups is 2. The topological polar surface area (TPSA) is 237 Å². The summed E-state index contributed by atoms with van der Waals surface area (Å²) in [5, 5.41) is 10.6. The van der Waals surface area contributed by atoms with Crippen LogP contribution in [0.2, 0.25) is 0 Å². The van der Waals surface area contributed by atoms with Crippen molar-refractivity contribution in [1.82, 2.24) is 0 Å². The molecule has 0 saturated heterocycles. The van der Waals surface area contributed by atoms with E-state index in [-0.39, 0.29) is 25.7 Å². The van der Waals surface area contributed by atoms with Crippen LogP contribution in [0.25, 0.3) is 0 Å². The standard InChI is InChI=1S/C71H134O17P2/c1-6-10-13-16-19-22-24-26-28-30-32-35-41-46-51-56-70(75)87-66(61-82-69(74)55-50-45-40-34-31-29-27-25-23-20-17-14-11-7-2)62-85-89(77,78)83-58-65(72)59-84-90(79,80)86-63-67(60-81-68(73)54-49-44-39-33-21-18-15-12-8-3)88-71(76)57-52-47-42-37-36-38-43-48-53-64(5)9-4/h22,24,26,28,64-67,72H,6-21,23,25,27,29-63H2,1-5H3,(H,77,78)(H,79,80)/b24-22-,28-26-/t64?,65-,66-,67-/m1/s1. The molecule has 530 valence electrons. The van der Waals surface area contributed by atoms with E-state index in [2.05, 4.69) is 58.9 Å². The lowest BCUT2D eigenvalue weighted by atomic mass is 9.99. The molecule has 3 unspecified atom stereocenters. The van der Waals surface area contributed by atoms with Crippen LogP contribution >= 0.6 is 15.6 Å². The highest BCUT2D eigenvalue weighted by Gasteiger charge is 2.30. The minimum Gasteiger partial charge on any atom is -0.462 e. The van der Waals surface area contributed by atoms with Crippen molar-refractivity contribution in [3.05, 3.63) is 24.3 Å². The Morgan fingerprint density at radius 2 is 0.622 bits per heavy atom. The molecule has 0 aliphatic heterocycles. The molecule has 0 aromatic carbocycles. The van der Waals surface area contributed by atoms with Gasteiger partial charge in [0.25, 0.3) is 0 Å². The number of unbranched alkanes of at least 4 members (excludes halogenated alkanes) is 37. The minimum atomic E-state index is -4.96. The first-order valence-corrected chi connectivity index (χ1v) is 39.5. The summed E-state index contributed by atoms with van der Waals surface area (Å²) in [5.74, 6) is -1.39. The molecular formula is C71H134O17P2. The van der Waals surface area contributed by atoms with E-state index < -0.39 is 97.5 Å². The van der Waals surface area contributed by atoms with Crippen LogP contribution in [0.1, 0.15) is 343 Å². The average molecular weight is 1320 g/mol. The van der Waals surface area contributed by atoms with E-state index in [1.807, 2.05) is 0 Å². The van der Waals surface area contributed by atoms with Crippen LogP contribution in [0, 0.1) is 5.92 Å². The molecule has 0 bridgehead atoms. The molecule has 0 aromatic heterocycles. The summed E-state index contributed by atoms with van der Waals surface area (Å²) in [4.78, 5) is 72.5. The summed E-state index contributed by atoms with van der Waals surface area (Å²) in [6.45, 7) is 7.17. The summed E-state index contributed by atoms with van der Waals surface area (Å²) in [5.41, 5.74) is 0. The zero-order chi connectivity index (χ0) is 66.3. The minimum absolute atomic E-state index is 0.0855. The summed E-state index contributed by atoms with van der Waals surface area (Å²) in [6, 6.07) is 0. The summed E-state index contributed by atoms with van der Waals surface area (Å²) in [7, 11) is -9.91. The highest BCUT2D eigenvalue weighted by molar-refractivity contribution is 7.47. The van der Waals surface area contributed by atoms with Crippen molar-refractivity contribution in [2.24, 2.45) is 5.92 Å². The van der Waals surface area contributed by atoms with Gasteiger partial charge in [-0.15, -0.1) is 0 Å². The largest absolute Gasteiger partial charge is 0.472 e. The smallest absolute Gasteiger partial charge is 0.462 e. The molecule has 17 nitrogen and oxygen atoms in total. The Labute approximate surface area is 548 Å². The van der Waals surface area contributed by atoms with E-state index in [1.54, 1.807) is 0 Å². The highest BCUT2D eigenvalue weighted by Crippen LogP contribution is 2.45. The monoisotopic (exact) mass is 1320 g/mol. The third-order valence-electron chi connectivity index (χ3n) is 16.3. The molecule has 3 N–H and O–H groups in total. The van der Waals surface area contributed by atoms with E-state index in [9.17, 15) is 43.2 Å². The molecule has 0 rings (SSSR count). The maximum atomic E-state index is 13.0. The van der Waals surface area contributed by atoms with Crippen molar-refractivity contribution in [3.63, 3.8) is 0 Å². The Kier molecular flexibility index (Phi) is 62.2. The van der Waals surface area contributed by atoms with E-state index in [4.69, 9.17) is 37.0 Å². The van der Waals surface area contributed by atoms with Crippen molar-refractivity contribution in [2.75, 3.05) is 39.6 Å². The fourth-order valence-electron chi connectivity index (χ4n) is 10.2. The second-order valence-corrected chi connectivity index (χ2v) is 28.1. The zero-order valence-electron chi connectivity index (χ0n) is 57.8. The third kappa shape index (κ3) is 63.0. The number of rotatable bonds is 69. The van der Waals surface area contributed by atoms with Gasteiger partial charge in [0, 0.05) is 25.7 Å². The van der Waals surface area contributed by atoms with Gasteiger partial charge in [-0.25, -0.2) is 9.13 Å².